The summed E-state index contributed by atoms with van der Waals surface area (Å²) in [5.41, 5.74) is 0. The number of aromatic nitrogens is 2. The van der Waals surface area contributed by atoms with E-state index in [-0.39, 0.29) is 5.38 Å². The Labute approximate surface area is 102 Å². The highest BCUT2D eigenvalue weighted by molar-refractivity contribution is 6.20. The van der Waals surface area contributed by atoms with Crippen molar-refractivity contribution < 1.29 is 4.74 Å². The molecule has 0 bridgehead atoms. The molecule has 5 heteroatoms. The summed E-state index contributed by atoms with van der Waals surface area (Å²) in [5, 5.41) is 0.0545. The van der Waals surface area contributed by atoms with Crippen molar-refractivity contribution in [2.45, 2.75) is 18.8 Å². The second-order valence-electron chi connectivity index (χ2n) is 3.98. The van der Waals surface area contributed by atoms with Crippen molar-refractivity contribution in [3.8, 4) is 0 Å². The number of hydrogen-bond donors (Lipinski definition) is 0. The molecule has 1 unspecified atom stereocenters. The van der Waals surface area contributed by atoms with Crippen molar-refractivity contribution in [2.75, 3.05) is 33.9 Å². The summed E-state index contributed by atoms with van der Waals surface area (Å²) < 4.78 is 7.14. The van der Waals surface area contributed by atoms with E-state index in [0.29, 0.717) is 6.61 Å². The van der Waals surface area contributed by atoms with Crippen molar-refractivity contribution in [2.24, 2.45) is 0 Å². The molecular weight excluding hydrogens is 226 g/mol. The van der Waals surface area contributed by atoms with Crippen molar-refractivity contribution in [3.05, 3.63) is 18.2 Å². The summed E-state index contributed by atoms with van der Waals surface area (Å²) >= 11 is 6.08. The number of aryl methyl sites for hydroxylation is 1. The molecule has 1 aromatic heterocycles. The van der Waals surface area contributed by atoms with Crippen LogP contribution in [0, 0.1) is 6.92 Å². The Morgan fingerprint density at radius 1 is 1.62 bits per heavy atom. The van der Waals surface area contributed by atoms with Gasteiger partial charge in [-0.2, -0.15) is 0 Å². The summed E-state index contributed by atoms with van der Waals surface area (Å²) in [7, 11) is 3.74. The van der Waals surface area contributed by atoms with Crippen LogP contribution in [0.4, 0.5) is 0 Å². The van der Waals surface area contributed by atoms with Crippen LogP contribution >= 0.6 is 11.6 Å². The smallest absolute Gasteiger partial charge is 0.105 e. The maximum absolute atomic E-state index is 6.08. The lowest BCUT2D eigenvalue weighted by molar-refractivity contribution is 0.181. The number of halogens is 1. The maximum Gasteiger partial charge on any atom is 0.105 e. The molecule has 0 N–H and O–H groups in total. The van der Waals surface area contributed by atoms with Crippen LogP contribution in [-0.2, 0) is 11.3 Å². The van der Waals surface area contributed by atoms with Gasteiger partial charge in [-0.05, 0) is 14.0 Å². The predicted octanol–water partition coefficient (Wildman–Crippen LogP) is 1.38. The van der Waals surface area contributed by atoms with E-state index in [0.717, 1.165) is 25.5 Å². The van der Waals surface area contributed by atoms with Crippen molar-refractivity contribution >= 4 is 11.6 Å². The summed E-state index contributed by atoms with van der Waals surface area (Å²) in [5.74, 6) is 1.05. The van der Waals surface area contributed by atoms with E-state index >= 15 is 0 Å². The standard InChI is InChI=1S/C11H20ClN3O/c1-10-13-4-5-15(10)7-6-14(2)8-11(12)9-16-3/h4-5,11H,6-9H2,1-3H3. The first-order chi connectivity index (χ1) is 7.63. The van der Waals surface area contributed by atoms with Crippen LogP contribution in [-0.4, -0.2) is 53.7 Å². The third-order valence-corrected chi connectivity index (χ3v) is 2.77. The van der Waals surface area contributed by atoms with Crippen LogP contribution in [0.2, 0.25) is 0 Å². The monoisotopic (exact) mass is 245 g/mol. The molecule has 0 amide bonds. The van der Waals surface area contributed by atoms with E-state index in [9.17, 15) is 0 Å². The Morgan fingerprint density at radius 3 is 2.94 bits per heavy atom. The summed E-state index contributed by atoms with van der Waals surface area (Å²) in [4.78, 5) is 6.39. The molecule has 0 saturated carbocycles. The van der Waals surface area contributed by atoms with E-state index in [1.807, 2.05) is 19.3 Å². The van der Waals surface area contributed by atoms with Gasteiger partial charge in [0, 0.05) is 39.1 Å². The number of ether oxygens (including phenoxy) is 1. The van der Waals surface area contributed by atoms with Crippen LogP contribution < -0.4 is 0 Å². The topological polar surface area (TPSA) is 30.3 Å². The SMILES string of the molecule is COCC(Cl)CN(C)CCn1ccnc1C. The minimum absolute atomic E-state index is 0.0545. The zero-order valence-electron chi connectivity index (χ0n) is 10.2. The van der Waals surface area contributed by atoms with E-state index in [4.69, 9.17) is 16.3 Å². The lowest BCUT2D eigenvalue weighted by Crippen LogP contribution is -2.31. The minimum Gasteiger partial charge on any atom is -0.383 e. The zero-order chi connectivity index (χ0) is 12.0. The van der Waals surface area contributed by atoms with Gasteiger partial charge in [-0.15, -0.1) is 11.6 Å². The van der Waals surface area contributed by atoms with Crippen molar-refractivity contribution in [3.63, 3.8) is 0 Å². The second-order valence-corrected chi connectivity index (χ2v) is 4.60. The third kappa shape index (κ3) is 4.51. The number of hydrogen-bond acceptors (Lipinski definition) is 3. The summed E-state index contributed by atoms with van der Waals surface area (Å²) in [6.07, 6.45) is 3.82. The van der Waals surface area contributed by atoms with Gasteiger partial charge in [0.2, 0.25) is 0 Å². The van der Waals surface area contributed by atoms with Gasteiger partial charge >= 0.3 is 0 Å². The van der Waals surface area contributed by atoms with E-state index < -0.39 is 0 Å². The van der Waals surface area contributed by atoms with Crippen molar-refractivity contribution in [1.82, 2.24) is 14.5 Å². The Morgan fingerprint density at radius 2 is 2.38 bits per heavy atom. The molecule has 0 aliphatic heterocycles. The van der Waals surface area contributed by atoms with Gasteiger partial charge in [-0.3, -0.25) is 0 Å². The normalized spacial score (nSPS) is 13.3. The number of imidazole rings is 1. The number of rotatable bonds is 7. The molecule has 16 heavy (non-hydrogen) atoms. The first kappa shape index (κ1) is 13.5. The van der Waals surface area contributed by atoms with Gasteiger partial charge in [0.15, 0.2) is 0 Å². The lowest BCUT2D eigenvalue weighted by Gasteiger charge is -2.20. The highest BCUT2D eigenvalue weighted by Crippen LogP contribution is 2.00. The second kappa shape index (κ2) is 6.89. The molecule has 1 rings (SSSR count). The van der Waals surface area contributed by atoms with Gasteiger partial charge in [0.05, 0.1) is 12.0 Å². The minimum atomic E-state index is 0.0545. The number of alkyl halides is 1. The number of methoxy groups -OCH3 is 1. The third-order valence-electron chi connectivity index (χ3n) is 2.50. The molecule has 0 aliphatic rings. The fourth-order valence-corrected chi connectivity index (χ4v) is 1.94. The molecule has 4 nitrogen and oxygen atoms in total. The average Bonchev–Trinajstić information content (AvgIpc) is 2.61. The van der Waals surface area contributed by atoms with Gasteiger partial charge in [0.25, 0.3) is 0 Å². The lowest BCUT2D eigenvalue weighted by atomic mass is 10.4. The summed E-state index contributed by atoms with van der Waals surface area (Å²) in [6.45, 7) is 5.34. The van der Waals surface area contributed by atoms with Crippen LogP contribution in [0.1, 0.15) is 5.82 Å². The number of likely N-dealkylation sites (N-methyl/N-ethyl adjacent to an activating group) is 1. The Hall–Kier alpha value is -0.580. The molecule has 0 saturated heterocycles. The first-order valence-electron chi connectivity index (χ1n) is 5.42. The fourth-order valence-electron chi connectivity index (χ4n) is 1.58. The molecule has 1 heterocycles. The quantitative estimate of drug-likeness (QED) is 0.680. The van der Waals surface area contributed by atoms with Gasteiger partial charge in [-0.25, -0.2) is 4.98 Å². The highest BCUT2D eigenvalue weighted by Gasteiger charge is 2.08. The molecule has 0 aromatic carbocycles. The maximum atomic E-state index is 6.08. The molecule has 1 atom stereocenters. The van der Waals surface area contributed by atoms with E-state index in [1.54, 1.807) is 7.11 Å². The molecule has 92 valence electrons. The predicted molar refractivity (Wildman–Crippen MR) is 66.0 cm³/mol. The average molecular weight is 246 g/mol. The molecule has 0 fully saturated rings. The Bertz CT molecular complexity index is 303. The van der Waals surface area contributed by atoms with Crippen molar-refractivity contribution in [1.29, 1.82) is 0 Å². The van der Waals surface area contributed by atoms with Crippen LogP contribution in [0.25, 0.3) is 0 Å². The van der Waals surface area contributed by atoms with Crippen LogP contribution in [0.15, 0.2) is 12.4 Å². The molecule has 0 aliphatic carbocycles. The fraction of sp³-hybridized carbons (Fsp3) is 0.727. The number of nitrogens with zero attached hydrogens (tertiary/aromatic N) is 3. The zero-order valence-corrected chi connectivity index (χ0v) is 10.9. The van der Waals surface area contributed by atoms with Crippen LogP contribution in [0.3, 0.4) is 0 Å². The van der Waals surface area contributed by atoms with Gasteiger partial charge in [0.1, 0.15) is 5.82 Å². The van der Waals surface area contributed by atoms with E-state index in [1.165, 1.54) is 0 Å². The largest absolute Gasteiger partial charge is 0.383 e. The van der Waals surface area contributed by atoms with Gasteiger partial charge < -0.3 is 14.2 Å². The summed E-state index contributed by atoms with van der Waals surface area (Å²) in [6, 6.07) is 0. The van der Waals surface area contributed by atoms with Crippen LogP contribution in [0.5, 0.6) is 0 Å². The van der Waals surface area contributed by atoms with E-state index in [2.05, 4.69) is 21.5 Å². The Balaban J connectivity index is 2.25. The molecule has 0 spiro atoms. The van der Waals surface area contributed by atoms with Gasteiger partial charge in [-0.1, -0.05) is 0 Å². The highest BCUT2D eigenvalue weighted by atomic mass is 35.5. The molecule has 0 radical (unpaired) electrons. The molecular formula is C11H20ClN3O. The Kier molecular flexibility index (Phi) is 5.80. The molecule has 1 aromatic rings. The first-order valence-corrected chi connectivity index (χ1v) is 5.86.